The minimum atomic E-state index is -0.285. The Morgan fingerprint density at radius 3 is 2.44 bits per heavy atom. The van der Waals surface area contributed by atoms with Crippen molar-refractivity contribution in [3.63, 3.8) is 0 Å². The Bertz CT molecular complexity index is 1210. The molecule has 2 aromatic carbocycles. The molecular weight excluding hydrogens is 407 g/mol. The standard InChI is InChI=1S/C25H25FN4O2/c1-16(21-7-9-22(26)10-8-21)17(2)25-28-24(19(4)32-25)18(3)31-23-11-5-20(6-12-23)15-30-14-13-27-29-30/h5-14,18H,15H2,1-4H3/b17-16+. The predicted octanol–water partition coefficient (Wildman–Crippen LogP) is 5.85. The topological polar surface area (TPSA) is 66.0 Å². The molecule has 1 unspecified atom stereocenters. The van der Waals surface area contributed by atoms with Crippen LogP contribution in [0.2, 0.25) is 0 Å². The van der Waals surface area contributed by atoms with Crippen LogP contribution in [-0.4, -0.2) is 20.0 Å². The van der Waals surface area contributed by atoms with Gasteiger partial charge in [0, 0.05) is 11.8 Å². The molecule has 4 aromatic rings. The van der Waals surface area contributed by atoms with Gasteiger partial charge in [0.1, 0.15) is 29.1 Å². The molecule has 1 atom stereocenters. The van der Waals surface area contributed by atoms with Crippen molar-refractivity contribution in [1.29, 1.82) is 0 Å². The average Bonchev–Trinajstić information content (AvgIpc) is 3.44. The van der Waals surface area contributed by atoms with E-state index in [0.29, 0.717) is 18.2 Å². The minimum Gasteiger partial charge on any atom is -0.484 e. The molecule has 0 bridgehead atoms. The van der Waals surface area contributed by atoms with Gasteiger partial charge in [-0.25, -0.2) is 14.1 Å². The van der Waals surface area contributed by atoms with Crippen molar-refractivity contribution >= 4 is 11.1 Å². The number of ether oxygens (including phenoxy) is 1. The number of nitrogens with zero attached hydrogens (tertiary/aromatic N) is 4. The summed E-state index contributed by atoms with van der Waals surface area (Å²) in [4.78, 5) is 4.70. The predicted molar refractivity (Wildman–Crippen MR) is 120 cm³/mol. The van der Waals surface area contributed by atoms with E-state index in [1.165, 1.54) is 12.1 Å². The van der Waals surface area contributed by atoms with Crippen LogP contribution >= 0.6 is 0 Å². The summed E-state index contributed by atoms with van der Waals surface area (Å²) < 4.78 is 27.1. The summed E-state index contributed by atoms with van der Waals surface area (Å²) in [5.41, 5.74) is 4.66. The van der Waals surface area contributed by atoms with Gasteiger partial charge in [-0.1, -0.05) is 29.5 Å². The van der Waals surface area contributed by atoms with Crippen molar-refractivity contribution in [2.45, 2.75) is 40.3 Å². The first kappa shape index (κ1) is 21.5. The number of aromatic nitrogens is 4. The van der Waals surface area contributed by atoms with E-state index in [2.05, 4.69) is 10.3 Å². The van der Waals surface area contributed by atoms with Crippen LogP contribution in [0.1, 0.15) is 55.3 Å². The summed E-state index contributed by atoms with van der Waals surface area (Å²) in [5, 5.41) is 7.80. The molecule has 0 radical (unpaired) electrons. The Hall–Kier alpha value is -3.74. The first-order valence-corrected chi connectivity index (χ1v) is 10.4. The highest BCUT2D eigenvalue weighted by atomic mass is 19.1. The van der Waals surface area contributed by atoms with Crippen molar-refractivity contribution in [2.75, 3.05) is 0 Å². The molecule has 0 aliphatic carbocycles. The molecule has 32 heavy (non-hydrogen) atoms. The van der Waals surface area contributed by atoms with Crippen LogP contribution in [0.15, 0.2) is 65.3 Å². The Labute approximate surface area is 186 Å². The minimum absolute atomic E-state index is 0.258. The Morgan fingerprint density at radius 1 is 1.06 bits per heavy atom. The Kier molecular flexibility index (Phi) is 6.16. The van der Waals surface area contributed by atoms with Crippen LogP contribution < -0.4 is 4.74 Å². The number of halogens is 1. The molecule has 2 aromatic heterocycles. The highest BCUT2D eigenvalue weighted by Gasteiger charge is 2.19. The first-order valence-electron chi connectivity index (χ1n) is 10.4. The lowest BCUT2D eigenvalue weighted by Gasteiger charge is -2.13. The Morgan fingerprint density at radius 2 is 1.78 bits per heavy atom. The van der Waals surface area contributed by atoms with Gasteiger partial charge >= 0.3 is 0 Å². The lowest BCUT2D eigenvalue weighted by Crippen LogP contribution is -2.06. The number of hydrogen-bond acceptors (Lipinski definition) is 5. The third-order valence-electron chi connectivity index (χ3n) is 5.43. The van der Waals surface area contributed by atoms with Gasteiger partial charge in [0.15, 0.2) is 0 Å². The van der Waals surface area contributed by atoms with Gasteiger partial charge in [-0.3, -0.25) is 0 Å². The SMILES string of the molecule is C/C(=C(/C)c1nc(C(C)Oc2ccc(Cn3ccnn3)cc2)c(C)o1)c1ccc(F)cc1. The maximum Gasteiger partial charge on any atom is 0.222 e. The number of hydrogen-bond donors (Lipinski definition) is 0. The summed E-state index contributed by atoms with van der Waals surface area (Å²) >= 11 is 0. The normalized spacial score (nSPS) is 13.0. The fraction of sp³-hybridized carbons (Fsp3) is 0.240. The molecule has 6 nitrogen and oxygen atoms in total. The molecule has 0 amide bonds. The maximum absolute atomic E-state index is 13.2. The second-order valence-electron chi connectivity index (χ2n) is 7.72. The molecule has 0 aliphatic heterocycles. The lowest BCUT2D eigenvalue weighted by atomic mass is 10.0. The number of benzene rings is 2. The molecule has 0 fully saturated rings. The van der Waals surface area contributed by atoms with Crippen LogP contribution in [0.3, 0.4) is 0 Å². The maximum atomic E-state index is 13.2. The van der Waals surface area contributed by atoms with Gasteiger partial charge < -0.3 is 9.15 Å². The van der Waals surface area contributed by atoms with Gasteiger partial charge in [0.05, 0.1) is 12.7 Å². The number of oxazole rings is 1. The van der Waals surface area contributed by atoms with Crippen LogP contribution in [0, 0.1) is 12.7 Å². The third-order valence-corrected chi connectivity index (χ3v) is 5.43. The van der Waals surface area contributed by atoms with Crippen molar-refractivity contribution < 1.29 is 13.5 Å². The fourth-order valence-corrected chi connectivity index (χ4v) is 3.46. The Balaban J connectivity index is 1.48. The number of rotatable bonds is 7. The molecule has 0 saturated heterocycles. The lowest BCUT2D eigenvalue weighted by molar-refractivity contribution is 0.220. The molecule has 0 spiro atoms. The second-order valence-corrected chi connectivity index (χ2v) is 7.72. The summed E-state index contributed by atoms with van der Waals surface area (Å²) in [7, 11) is 0. The van der Waals surface area contributed by atoms with E-state index in [0.717, 1.165) is 33.7 Å². The quantitative estimate of drug-likeness (QED) is 0.366. The average molecular weight is 432 g/mol. The van der Waals surface area contributed by atoms with E-state index in [1.807, 2.05) is 58.2 Å². The molecule has 0 N–H and O–H groups in total. The highest BCUT2D eigenvalue weighted by molar-refractivity contribution is 5.86. The zero-order chi connectivity index (χ0) is 22.7. The molecule has 7 heteroatoms. The van der Waals surface area contributed by atoms with E-state index >= 15 is 0 Å². The van der Waals surface area contributed by atoms with Crippen molar-refractivity contribution in [1.82, 2.24) is 20.0 Å². The highest BCUT2D eigenvalue weighted by Crippen LogP contribution is 2.30. The van der Waals surface area contributed by atoms with Gasteiger partial charge in [0.2, 0.25) is 5.89 Å². The smallest absolute Gasteiger partial charge is 0.222 e. The van der Waals surface area contributed by atoms with E-state index in [-0.39, 0.29) is 11.9 Å². The monoisotopic (exact) mass is 432 g/mol. The summed E-state index contributed by atoms with van der Waals surface area (Å²) in [6.07, 6.45) is 3.20. The van der Waals surface area contributed by atoms with E-state index in [4.69, 9.17) is 14.1 Å². The summed E-state index contributed by atoms with van der Waals surface area (Å²) in [6.45, 7) is 8.41. The van der Waals surface area contributed by atoms with Gasteiger partial charge in [-0.05, 0) is 68.7 Å². The molecule has 164 valence electrons. The van der Waals surface area contributed by atoms with Crippen molar-refractivity contribution in [3.8, 4) is 5.75 Å². The van der Waals surface area contributed by atoms with Crippen LogP contribution in [0.5, 0.6) is 5.75 Å². The zero-order valence-electron chi connectivity index (χ0n) is 18.5. The van der Waals surface area contributed by atoms with Crippen molar-refractivity contribution in [3.05, 3.63) is 95.2 Å². The fourth-order valence-electron chi connectivity index (χ4n) is 3.46. The van der Waals surface area contributed by atoms with Gasteiger partial charge in [-0.15, -0.1) is 5.10 Å². The summed E-state index contributed by atoms with van der Waals surface area (Å²) in [6, 6.07) is 14.3. The number of allylic oxidation sites excluding steroid dienone is 2. The largest absolute Gasteiger partial charge is 0.484 e. The molecule has 4 rings (SSSR count). The molecule has 0 saturated carbocycles. The van der Waals surface area contributed by atoms with Crippen LogP contribution in [0.4, 0.5) is 4.39 Å². The first-order chi connectivity index (χ1) is 15.4. The number of aryl methyl sites for hydroxylation is 1. The van der Waals surface area contributed by atoms with E-state index in [1.54, 1.807) is 23.0 Å². The van der Waals surface area contributed by atoms with E-state index in [9.17, 15) is 4.39 Å². The third kappa shape index (κ3) is 4.77. The van der Waals surface area contributed by atoms with Crippen molar-refractivity contribution in [2.24, 2.45) is 0 Å². The molecule has 0 aliphatic rings. The van der Waals surface area contributed by atoms with Crippen LogP contribution in [-0.2, 0) is 6.54 Å². The van der Waals surface area contributed by atoms with Crippen LogP contribution in [0.25, 0.3) is 11.1 Å². The summed E-state index contributed by atoms with van der Waals surface area (Å²) in [5.74, 6) is 1.74. The second kappa shape index (κ2) is 9.18. The van der Waals surface area contributed by atoms with Gasteiger partial charge in [0.25, 0.3) is 0 Å². The molecule has 2 heterocycles. The molecular formula is C25H25FN4O2. The van der Waals surface area contributed by atoms with Gasteiger partial charge in [-0.2, -0.15) is 0 Å². The zero-order valence-corrected chi connectivity index (χ0v) is 18.5. The van der Waals surface area contributed by atoms with E-state index < -0.39 is 0 Å².